The third kappa shape index (κ3) is 6.21. The molecule has 0 radical (unpaired) electrons. The van der Waals surface area contributed by atoms with E-state index in [-0.39, 0.29) is 12.0 Å². The summed E-state index contributed by atoms with van der Waals surface area (Å²) in [6.45, 7) is 5.64. The van der Waals surface area contributed by atoms with Gasteiger partial charge >= 0.3 is 0 Å². The molecular weight excluding hydrogens is 366 g/mol. The molecule has 1 aliphatic rings. The van der Waals surface area contributed by atoms with Gasteiger partial charge in [0.25, 0.3) is 0 Å². The van der Waals surface area contributed by atoms with Gasteiger partial charge < -0.3 is 25.2 Å². The SMILES string of the molecule is CCNC(=NCc1ccccc1Oc1ccccc1)NCC1(CCO)CCOC1. The first-order valence-corrected chi connectivity index (χ1v) is 10.3. The van der Waals surface area contributed by atoms with Crippen molar-refractivity contribution >= 4 is 5.96 Å². The van der Waals surface area contributed by atoms with Crippen LogP contribution >= 0.6 is 0 Å². The van der Waals surface area contributed by atoms with E-state index in [2.05, 4.69) is 10.6 Å². The highest BCUT2D eigenvalue weighted by Crippen LogP contribution is 2.31. The fourth-order valence-electron chi connectivity index (χ4n) is 3.44. The average molecular weight is 398 g/mol. The highest BCUT2D eigenvalue weighted by atomic mass is 16.5. The number of ether oxygens (including phenoxy) is 2. The largest absolute Gasteiger partial charge is 0.457 e. The second kappa shape index (κ2) is 10.8. The van der Waals surface area contributed by atoms with Gasteiger partial charge in [-0.25, -0.2) is 4.99 Å². The van der Waals surface area contributed by atoms with Crippen LogP contribution in [0.25, 0.3) is 0 Å². The van der Waals surface area contributed by atoms with Crippen LogP contribution in [0.5, 0.6) is 11.5 Å². The van der Waals surface area contributed by atoms with E-state index in [1.54, 1.807) is 0 Å². The first kappa shape index (κ1) is 21.1. The van der Waals surface area contributed by atoms with Crippen molar-refractivity contribution in [1.29, 1.82) is 0 Å². The highest BCUT2D eigenvalue weighted by Gasteiger charge is 2.34. The third-order valence-electron chi connectivity index (χ3n) is 5.15. The second-order valence-electron chi connectivity index (χ2n) is 7.35. The molecule has 29 heavy (non-hydrogen) atoms. The Bertz CT molecular complexity index is 774. The highest BCUT2D eigenvalue weighted by molar-refractivity contribution is 5.79. The molecule has 1 fully saturated rings. The summed E-state index contributed by atoms with van der Waals surface area (Å²) >= 11 is 0. The Morgan fingerprint density at radius 2 is 1.93 bits per heavy atom. The Balaban J connectivity index is 1.67. The van der Waals surface area contributed by atoms with Gasteiger partial charge in [0.05, 0.1) is 13.2 Å². The van der Waals surface area contributed by atoms with Gasteiger partial charge in [-0.2, -0.15) is 0 Å². The predicted molar refractivity (Wildman–Crippen MR) is 115 cm³/mol. The summed E-state index contributed by atoms with van der Waals surface area (Å²) in [7, 11) is 0. The zero-order valence-electron chi connectivity index (χ0n) is 17.1. The molecule has 1 atom stereocenters. The van der Waals surface area contributed by atoms with Gasteiger partial charge in [0.1, 0.15) is 11.5 Å². The number of para-hydroxylation sites is 2. The number of benzene rings is 2. The Hall–Kier alpha value is -2.57. The Kier molecular flexibility index (Phi) is 7.90. The van der Waals surface area contributed by atoms with Crippen LogP contribution in [0.2, 0.25) is 0 Å². The van der Waals surface area contributed by atoms with Crippen LogP contribution in [0.3, 0.4) is 0 Å². The molecule has 6 nitrogen and oxygen atoms in total. The number of aliphatic imine (C=N–C) groups is 1. The fourth-order valence-corrected chi connectivity index (χ4v) is 3.44. The van der Waals surface area contributed by atoms with Crippen LogP contribution in [0.1, 0.15) is 25.3 Å². The lowest BCUT2D eigenvalue weighted by Gasteiger charge is -2.27. The van der Waals surface area contributed by atoms with Crippen LogP contribution < -0.4 is 15.4 Å². The normalized spacial score (nSPS) is 19.2. The van der Waals surface area contributed by atoms with Gasteiger partial charge in [-0.1, -0.05) is 36.4 Å². The van der Waals surface area contributed by atoms with Crippen LogP contribution in [0.15, 0.2) is 59.6 Å². The van der Waals surface area contributed by atoms with E-state index in [0.717, 1.165) is 55.6 Å². The topological polar surface area (TPSA) is 75.1 Å². The number of nitrogens with zero attached hydrogens (tertiary/aromatic N) is 1. The lowest BCUT2D eigenvalue weighted by molar-refractivity contribution is 0.127. The molecule has 2 aromatic rings. The summed E-state index contributed by atoms with van der Waals surface area (Å²) in [4.78, 5) is 4.75. The molecule has 3 N–H and O–H groups in total. The number of rotatable bonds is 9. The van der Waals surface area contributed by atoms with E-state index in [4.69, 9.17) is 14.5 Å². The van der Waals surface area contributed by atoms with Crippen molar-refractivity contribution in [2.24, 2.45) is 10.4 Å². The predicted octanol–water partition coefficient (Wildman–Crippen LogP) is 3.32. The summed E-state index contributed by atoms with van der Waals surface area (Å²) in [6, 6.07) is 17.7. The lowest BCUT2D eigenvalue weighted by Crippen LogP contribution is -2.44. The standard InChI is InChI=1S/C23H31N3O3/c1-2-24-22(26-17-23(12-14-27)13-15-28-18-23)25-16-19-8-6-7-11-21(19)29-20-9-4-3-5-10-20/h3-11,27H,2,12-18H2,1H3,(H2,24,25,26). The molecule has 0 spiro atoms. The molecule has 1 unspecified atom stereocenters. The second-order valence-corrected chi connectivity index (χ2v) is 7.35. The van der Waals surface area contributed by atoms with E-state index >= 15 is 0 Å². The monoisotopic (exact) mass is 397 g/mol. The quantitative estimate of drug-likeness (QED) is 0.447. The van der Waals surface area contributed by atoms with Crippen LogP contribution in [0, 0.1) is 5.41 Å². The molecule has 2 aromatic carbocycles. The number of aliphatic hydroxyl groups excluding tert-OH is 1. The van der Waals surface area contributed by atoms with Crippen molar-refractivity contribution in [2.75, 3.05) is 32.9 Å². The van der Waals surface area contributed by atoms with Gasteiger partial charge in [-0.3, -0.25) is 0 Å². The van der Waals surface area contributed by atoms with Crippen molar-refractivity contribution in [1.82, 2.24) is 10.6 Å². The molecule has 3 rings (SSSR count). The lowest BCUT2D eigenvalue weighted by atomic mass is 9.84. The van der Waals surface area contributed by atoms with Crippen LogP contribution in [-0.4, -0.2) is 44.0 Å². The fraction of sp³-hybridized carbons (Fsp3) is 0.435. The maximum Gasteiger partial charge on any atom is 0.191 e. The minimum Gasteiger partial charge on any atom is -0.457 e. The number of nitrogens with one attached hydrogen (secondary N) is 2. The summed E-state index contributed by atoms with van der Waals surface area (Å²) < 4.78 is 11.6. The number of hydrogen-bond acceptors (Lipinski definition) is 4. The maximum atomic E-state index is 9.42. The van der Waals surface area contributed by atoms with E-state index < -0.39 is 0 Å². The maximum absolute atomic E-state index is 9.42. The minimum atomic E-state index is -0.0285. The number of hydrogen-bond donors (Lipinski definition) is 3. The summed E-state index contributed by atoms with van der Waals surface area (Å²) in [5, 5.41) is 16.2. The van der Waals surface area contributed by atoms with E-state index in [9.17, 15) is 5.11 Å². The zero-order valence-corrected chi connectivity index (χ0v) is 17.1. The van der Waals surface area contributed by atoms with Crippen LogP contribution in [0.4, 0.5) is 0 Å². The molecule has 0 aliphatic carbocycles. The summed E-state index contributed by atoms with van der Waals surface area (Å²) in [5.74, 6) is 2.37. The van der Waals surface area contributed by atoms with Crippen LogP contribution in [-0.2, 0) is 11.3 Å². The van der Waals surface area contributed by atoms with Crippen molar-refractivity contribution in [3.63, 3.8) is 0 Å². The Morgan fingerprint density at radius 1 is 1.14 bits per heavy atom. The van der Waals surface area contributed by atoms with Gasteiger partial charge in [-0.05, 0) is 38.0 Å². The van der Waals surface area contributed by atoms with Gasteiger partial charge in [0, 0.05) is 37.3 Å². The molecule has 0 bridgehead atoms. The van der Waals surface area contributed by atoms with E-state index in [1.165, 1.54) is 0 Å². The van der Waals surface area contributed by atoms with Crippen molar-refractivity contribution in [3.05, 3.63) is 60.2 Å². The van der Waals surface area contributed by atoms with Crippen molar-refractivity contribution in [3.8, 4) is 11.5 Å². The summed E-state index contributed by atoms with van der Waals surface area (Å²) in [5.41, 5.74) is 0.988. The first-order valence-electron chi connectivity index (χ1n) is 10.3. The molecule has 156 valence electrons. The van der Waals surface area contributed by atoms with Gasteiger partial charge in [0.2, 0.25) is 0 Å². The smallest absolute Gasteiger partial charge is 0.191 e. The van der Waals surface area contributed by atoms with E-state index in [0.29, 0.717) is 13.2 Å². The molecule has 0 saturated carbocycles. The summed E-state index contributed by atoms with van der Waals surface area (Å²) in [6.07, 6.45) is 1.68. The van der Waals surface area contributed by atoms with E-state index in [1.807, 2.05) is 61.5 Å². The van der Waals surface area contributed by atoms with Crippen molar-refractivity contribution in [2.45, 2.75) is 26.3 Å². The number of guanidine groups is 1. The molecule has 0 aromatic heterocycles. The molecule has 0 amide bonds. The van der Waals surface area contributed by atoms with Gasteiger partial charge in [-0.15, -0.1) is 0 Å². The Labute approximate surface area is 173 Å². The third-order valence-corrected chi connectivity index (χ3v) is 5.15. The van der Waals surface area contributed by atoms with Crippen molar-refractivity contribution < 1.29 is 14.6 Å². The molecule has 6 heteroatoms. The average Bonchev–Trinajstić information content (AvgIpc) is 3.21. The molecule has 1 aliphatic heterocycles. The molecular formula is C23H31N3O3. The van der Waals surface area contributed by atoms with Gasteiger partial charge in [0.15, 0.2) is 5.96 Å². The Morgan fingerprint density at radius 3 is 2.66 bits per heavy atom. The molecule has 1 saturated heterocycles. The zero-order chi connectivity index (χ0) is 20.4. The minimum absolute atomic E-state index is 0.0285. The number of aliphatic hydroxyl groups is 1. The molecule has 1 heterocycles. The first-order chi connectivity index (χ1) is 14.2.